The Morgan fingerprint density at radius 3 is 2.95 bits per heavy atom. The van der Waals surface area contributed by atoms with E-state index in [1.54, 1.807) is 18.2 Å². The van der Waals surface area contributed by atoms with E-state index in [1.807, 2.05) is 6.92 Å². The minimum Gasteiger partial charge on any atom is -0.391 e. The highest BCUT2D eigenvalue weighted by Crippen LogP contribution is 2.22. The van der Waals surface area contributed by atoms with Gasteiger partial charge >= 0.3 is 6.03 Å². The van der Waals surface area contributed by atoms with Crippen LogP contribution in [0.25, 0.3) is 0 Å². The molecule has 0 bridgehead atoms. The van der Waals surface area contributed by atoms with Crippen LogP contribution in [0.1, 0.15) is 12.0 Å². The third-order valence-corrected chi connectivity index (χ3v) is 3.69. The van der Waals surface area contributed by atoms with E-state index in [1.165, 1.54) is 0 Å². The van der Waals surface area contributed by atoms with Crippen LogP contribution >= 0.6 is 24.0 Å². The molecule has 2 atom stereocenters. The van der Waals surface area contributed by atoms with Gasteiger partial charge in [0.15, 0.2) is 0 Å². The van der Waals surface area contributed by atoms with E-state index in [4.69, 9.17) is 11.6 Å². The van der Waals surface area contributed by atoms with Crippen molar-refractivity contribution in [2.45, 2.75) is 25.5 Å². The Morgan fingerprint density at radius 1 is 1.50 bits per heavy atom. The molecule has 1 heterocycles. The molecule has 7 heteroatoms. The molecule has 0 aliphatic carbocycles. The normalized spacial score (nSPS) is 21.8. The number of halogens is 2. The molecule has 1 saturated heterocycles. The first-order chi connectivity index (χ1) is 9.08. The summed E-state index contributed by atoms with van der Waals surface area (Å²) < 4.78 is 0. The van der Waals surface area contributed by atoms with Gasteiger partial charge in [0.05, 0.1) is 12.1 Å². The average molecular weight is 320 g/mol. The lowest BCUT2D eigenvalue weighted by Crippen LogP contribution is -2.54. The number of aliphatic hydroxyl groups excluding tert-OH is 1. The summed E-state index contributed by atoms with van der Waals surface area (Å²) in [5, 5.41) is 19.0. The van der Waals surface area contributed by atoms with Crippen LogP contribution < -0.4 is 16.0 Å². The molecule has 1 aromatic rings. The number of rotatable bonds is 2. The highest BCUT2D eigenvalue weighted by molar-refractivity contribution is 6.31. The fraction of sp³-hybridized carbons (Fsp3) is 0.462. The Morgan fingerprint density at radius 2 is 2.25 bits per heavy atom. The Bertz CT molecular complexity index is 471. The standard InChI is InChI=1S/C13H18ClN3O2.ClH/c1-8-9(14)3-2-4-10(8)16-13(19)17-11-7-15-6-5-12(11)18;/h2-4,11-12,15,18H,5-7H2,1H3,(H2,16,17,19);1H/t11-,12-;/m1./s1. The van der Waals surface area contributed by atoms with Crippen molar-refractivity contribution < 1.29 is 9.90 Å². The molecule has 0 radical (unpaired) electrons. The molecule has 0 saturated carbocycles. The quantitative estimate of drug-likeness (QED) is 0.673. The number of hydrogen-bond acceptors (Lipinski definition) is 3. The summed E-state index contributed by atoms with van der Waals surface area (Å²) in [6, 6.07) is 4.74. The van der Waals surface area contributed by atoms with Gasteiger partial charge < -0.3 is 21.1 Å². The van der Waals surface area contributed by atoms with Crippen LogP contribution in [0, 0.1) is 6.92 Å². The molecule has 0 aromatic heterocycles. The number of carbonyl (C=O) groups is 1. The Kier molecular flexibility index (Phi) is 6.55. The topological polar surface area (TPSA) is 73.4 Å². The molecule has 0 unspecified atom stereocenters. The molecule has 0 spiro atoms. The maximum atomic E-state index is 11.9. The van der Waals surface area contributed by atoms with Crippen LogP contribution in [0.3, 0.4) is 0 Å². The molecule has 1 aliphatic rings. The zero-order valence-corrected chi connectivity index (χ0v) is 12.7. The first-order valence-electron chi connectivity index (χ1n) is 6.29. The van der Waals surface area contributed by atoms with Crippen molar-refractivity contribution in [1.82, 2.24) is 10.6 Å². The fourth-order valence-electron chi connectivity index (χ4n) is 2.06. The summed E-state index contributed by atoms with van der Waals surface area (Å²) in [7, 11) is 0. The van der Waals surface area contributed by atoms with Crippen molar-refractivity contribution in [3.63, 3.8) is 0 Å². The highest BCUT2D eigenvalue weighted by Gasteiger charge is 2.24. The smallest absolute Gasteiger partial charge is 0.319 e. The summed E-state index contributed by atoms with van der Waals surface area (Å²) in [4.78, 5) is 11.9. The molecular formula is C13H19Cl2N3O2. The monoisotopic (exact) mass is 319 g/mol. The first kappa shape index (κ1) is 17.0. The third kappa shape index (κ3) is 4.24. The average Bonchev–Trinajstić information content (AvgIpc) is 2.38. The second-order valence-electron chi connectivity index (χ2n) is 4.68. The maximum absolute atomic E-state index is 11.9. The van der Waals surface area contributed by atoms with E-state index >= 15 is 0 Å². The molecule has 1 aliphatic heterocycles. The molecule has 1 aromatic carbocycles. The predicted molar refractivity (Wildman–Crippen MR) is 82.9 cm³/mol. The fourth-order valence-corrected chi connectivity index (χ4v) is 2.24. The summed E-state index contributed by atoms with van der Waals surface area (Å²) in [6.45, 7) is 3.19. The molecule has 4 N–H and O–H groups in total. The second-order valence-corrected chi connectivity index (χ2v) is 5.08. The highest BCUT2D eigenvalue weighted by atomic mass is 35.5. The van der Waals surface area contributed by atoms with Crippen molar-refractivity contribution in [3.05, 3.63) is 28.8 Å². The molecule has 5 nitrogen and oxygen atoms in total. The second kappa shape index (κ2) is 7.69. The van der Waals surface area contributed by atoms with Gasteiger partial charge in [0.25, 0.3) is 0 Å². The van der Waals surface area contributed by atoms with Crippen LogP contribution in [0.4, 0.5) is 10.5 Å². The van der Waals surface area contributed by atoms with Gasteiger partial charge in [-0.25, -0.2) is 4.79 Å². The number of piperidine rings is 1. The summed E-state index contributed by atoms with van der Waals surface area (Å²) in [6.07, 6.45) is 0.133. The van der Waals surface area contributed by atoms with Crippen molar-refractivity contribution in [3.8, 4) is 0 Å². The van der Waals surface area contributed by atoms with Gasteiger partial charge in [0, 0.05) is 17.3 Å². The van der Waals surface area contributed by atoms with Crippen molar-refractivity contribution in [2.75, 3.05) is 18.4 Å². The molecule has 2 rings (SSSR count). The molecule has 20 heavy (non-hydrogen) atoms. The Labute approximate surface area is 129 Å². The van der Waals surface area contributed by atoms with Crippen LogP contribution in [0.15, 0.2) is 18.2 Å². The molecule has 1 fully saturated rings. The van der Waals surface area contributed by atoms with Crippen molar-refractivity contribution in [2.24, 2.45) is 0 Å². The Hall–Kier alpha value is -1.01. The first-order valence-corrected chi connectivity index (χ1v) is 6.67. The molecule has 112 valence electrons. The number of benzene rings is 1. The van der Waals surface area contributed by atoms with Crippen LogP contribution in [-0.2, 0) is 0 Å². The van der Waals surface area contributed by atoms with E-state index in [9.17, 15) is 9.90 Å². The minimum atomic E-state index is -0.507. The summed E-state index contributed by atoms with van der Waals surface area (Å²) in [5.74, 6) is 0. The molecule has 2 amide bonds. The lowest BCUT2D eigenvalue weighted by Gasteiger charge is -2.29. The van der Waals surface area contributed by atoms with Crippen molar-refractivity contribution in [1.29, 1.82) is 0 Å². The number of urea groups is 1. The number of anilines is 1. The lowest BCUT2D eigenvalue weighted by atomic mass is 10.0. The number of aliphatic hydroxyl groups is 1. The van der Waals surface area contributed by atoms with Gasteiger partial charge in [-0.1, -0.05) is 17.7 Å². The zero-order chi connectivity index (χ0) is 13.8. The van der Waals surface area contributed by atoms with E-state index in [0.29, 0.717) is 23.7 Å². The summed E-state index contributed by atoms with van der Waals surface area (Å²) >= 11 is 5.99. The van der Waals surface area contributed by atoms with Gasteiger partial charge in [-0.2, -0.15) is 0 Å². The van der Waals surface area contributed by atoms with Gasteiger partial charge in [-0.15, -0.1) is 12.4 Å². The lowest BCUT2D eigenvalue weighted by molar-refractivity contribution is 0.103. The van der Waals surface area contributed by atoms with Gasteiger partial charge in [-0.3, -0.25) is 0 Å². The van der Waals surface area contributed by atoms with E-state index < -0.39 is 6.10 Å². The van der Waals surface area contributed by atoms with E-state index in [0.717, 1.165) is 12.1 Å². The van der Waals surface area contributed by atoms with E-state index in [2.05, 4.69) is 16.0 Å². The minimum absolute atomic E-state index is 0. The summed E-state index contributed by atoms with van der Waals surface area (Å²) in [5.41, 5.74) is 1.49. The van der Waals surface area contributed by atoms with Crippen LogP contribution in [-0.4, -0.2) is 36.4 Å². The predicted octanol–water partition coefficient (Wildman–Crippen LogP) is 1.91. The van der Waals surface area contributed by atoms with E-state index in [-0.39, 0.29) is 24.5 Å². The van der Waals surface area contributed by atoms with Gasteiger partial charge in [0.2, 0.25) is 0 Å². The number of amides is 2. The number of nitrogens with one attached hydrogen (secondary N) is 3. The largest absolute Gasteiger partial charge is 0.391 e. The van der Waals surface area contributed by atoms with Gasteiger partial charge in [-0.05, 0) is 37.6 Å². The third-order valence-electron chi connectivity index (χ3n) is 3.28. The number of hydrogen-bond donors (Lipinski definition) is 4. The SMILES string of the molecule is Cc1c(Cl)cccc1NC(=O)N[C@@H]1CNCC[C@H]1O.Cl. The van der Waals surface area contributed by atoms with Crippen molar-refractivity contribution >= 4 is 35.7 Å². The molecular weight excluding hydrogens is 301 g/mol. The van der Waals surface area contributed by atoms with Gasteiger partial charge in [0.1, 0.15) is 0 Å². The van der Waals surface area contributed by atoms with Crippen LogP contribution in [0.5, 0.6) is 0 Å². The van der Waals surface area contributed by atoms with Crippen LogP contribution in [0.2, 0.25) is 5.02 Å². The maximum Gasteiger partial charge on any atom is 0.319 e. The number of carbonyl (C=O) groups excluding carboxylic acids is 1. The zero-order valence-electron chi connectivity index (χ0n) is 11.1. The Balaban J connectivity index is 0.00000200.